The molecule has 1 aliphatic rings. The molecule has 94 valence electrons. The van der Waals surface area contributed by atoms with Crippen molar-refractivity contribution in [2.24, 2.45) is 5.92 Å². The number of benzene rings is 1. The molecule has 0 saturated carbocycles. The summed E-state index contributed by atoms with van der Waals surface area (Å²) in [6.45, 7) is 2.08. The lowest BCUT2D eigenvalue weighted by atomic mass is 9.90. The van der Waals surface area contributed by atoms with Crippen LogP contribution in [0.5, 0.6) is 5.75 Å². The SMILES string of the molecule is COc1c(Cl)cc(F)cc1CC1CCNCC1. The van der Waals surface area contributed by atoms with Gasteiger partial charge < -0.3 is 10.1 Å². The van der Waals surface area contributed by atoms with E-state index in [1.54, 1.807) is 7.11 Å². The number of rotatable bonds is 3. The molecule has 1 saturated heterocycles. The van der Waals surface area contributed by atoms with Crippen molar-refractivity contribution >= 4 is 11.6 Å². The summed E-state index contributed by atoms with van der Waals surface area (Å²) in [5, 5.41) is 3.68. The van der Waals surface area contributed by atoms with E-state index in [2.05, 4.69) is 5.32 Å². The van der Waals surface area contributed by atoms with Gasteiger partial charge in [0.05, 0.1) is 12.1 Å². The Bertz CT molecular complexity index is 391. The lowest BCUT2D eigenvalue weighted by molar-refractivity contribution is 0.360. The van der Waals surface area contributed by atoms with E-state index >= 15 is 0 Å². The second-order valence-corrected chi connectivity index (χ2v) is 4.88. The highest BCUT2D eigenvalue weighted by atomic mass is 35.5. The topological polar surface area (TPSA) is 21.3 Å². The van der Waals surface area contributed by atoms with Crippen molar-refractivity contribution in [3.8, 4) is 5.75 Å². The highest BCUT2D eigenvalue weighted by Crippen LogP contribution is 2.32. The Morgan fingerprint density at radius 2 is 2.12 bits per heavy atom. The molecule has 0 aromatic heterocycles. The van der Waals surface area contributed by atoms with Crippen LogP contribution in [-0.2, 0) is 6.42 Å². The zero-order chi connectivity index (χ0) is 12.3. The summed E-state index contributed by atoms with van der Waals surface area (Å²) in [5.41, 5.74) is 0.879. The number of methoxy groups -OCH3 is 1. The van der Waals surface area contributed by atoms with Crippen LogP contribution in [0.25, 0.3) is 0 Å². The van der Waals surface area contributed by atoms with Crippen molar-refractivity contribution in [1.82, 2.24) is 5.32 Å². The predicted octanol–water partition coefficient (Wildman–Crippen LogP) is 3.03. The first-order valence-electron chi connectivity index (χ1n) is 5.93. The maximum atomic E-state index is 13.3. The van der Waals surface area contributed by atoms with Gasteiger partial charge in [-0.15, -0.1) is 0 Å². The predicted molar refractivity (Wildman–Crippen MR) is 67.3 cm³/mol. The van der Waals surface area contributed by atoms with E-state index in [4.69, 9.17) is 16.3 Å². The molecule has 1 aliphatic heterocycles. The van der Waals surface area contributed by atoms with E-state index in [9.17, 15) is 4.39 Å². The van der Waals surface area contributed by atoms with Gasteiger partial charge in [-0.05, 0) is 56.0 Å². The maximum absolute atomic E-state index is 13.3. The van der Waals surface area contributed by atoms with Crippen molar-refractivity contribution in [2.75, 3.05) is 20.2 Å². The fourth-order valence-corrected chi connectivity index (χ4v) is 2.69. The molecule has 1 N–H and O–H groups in total. The lowest BCUT2D eigenvalue weighted by Gasteiger charge is -2.23. The first-order chi connectivity index (χ1) is 8.20. The number of halogens is 2. The molecule has 4 heteroatoms. The molecule has 0 spiro atoms. The minimum Gasteiger partial charge on any atom is -0.495 e. The lowest BCUT2D eigenvalue weighted by Crippen LogP contribution is -2.28. The fourth-order valence-electron chi connectivity index (χ4n) is 2.39. The Balaban J connectivity index is 2.18. The number of nitrogens with one attached hydrogen (secondary N) is 1. The van der Waals surface area contributed by atoms with E-state index in [0.717, 1.165) is 37.9 Å². The standard InChI is InChI=1S/C13H17ClFNO/c1-17-13-10(7-11(15)8-12(13)14)6-9-2-4-16-5-3-9/h7-9,16H,2-6H2,1H3. The Kier molecular flexibility index (Phi) is 4.24. The highest BCUT2D eigenvalue weighted by Gasteiger charge is 2.18. The Hall–Kier alpha value is -0.800. The largest absolute Gasteiger partial charge is 0.495 e. The van der Waals surface area contributed by atoms with Crippen molar-refractivity contribution in [2.45, 2.75) is 19.3 Å². The van der Waals surface area contributed by atoms with Gasteiger partial charge in [0.25, 0.3) is 0 Å². The van der Waals surface area contributed by atoms with E-state index in [0.29, 0.717) is 16.7 Å². The molecular weight excluding hydrogens is 241 g/mol. The molecule has 0 aliphatic carbocycles. The van der Waals surface area contributed by atoms with Crippen LogP contribution >= 0.6 is 11.6 Å². The van der Waals surface area contributed by atoms with Crippen LogP contribution in [0, 0.1) is 11.7 Å². The van der Waals surface area contributed by atoms with Crippen LogP contribution in [0.3, 0.4) is 0 Å². The number of hydrogen-bond donors (Lipinski definition) is 1. The van der Waals surface area contributed by atoms with E-state index < -0.39 is 0 Å². The molecule has 0 unspecified atom stereocenters. The summed E-state index contributed by atoms with van der Waals surface area (Å²) >= 11 is 5.98. The van der Waals surface area contributed by atoms with E-state index in [1.807, 2.05) is 0 Å². The van der Waals surface area contributed by atoms with Crippen molar-refractivity contribution in [1.29, 1.82) is 0 Å². The molecule has 1 fully saturated rings. The third kappa shape index (κ3) is 3.11. The van der Waals surface area contributed by atoms with Gasteiger partial charge in [0, 0.05) is 0 Å². The monoisotopic (exact) mass is 257 g/mol. The zero-order valence-electron chi connectivity index (χ0n) is 9.93. The average molecular weight is 258 g/mol. The molecule has 0 atom stereocenters. The van der Waals surface area contributed by atoms with Crippen LogP contribution in [0.2, 0.25) is 5.02 Å². The van der Waals surface area contributed by atoms with Gasteiger partial charge in [-0.1, -0.05) is 11.6 Å². The van der Waals surface area contributed by atoms with Gasteiger partial charge in [0.15, 0.2) is 0 Å². The Morgan fingerprint density at radius 1 is 1.41 bits per heavy atom. The summed E-state index contributed by atoms with van der Waals surface area (Å²) in [4.78, 5) is 0. The molecule has 0 radical (unpaired) electrons. The average Bonchev–Trinajstić information content (AvgIpc) is 2.30. The van der Waals surface area contributed by atoms with Gasteiger partial charge >= 0.3 is 0 Å². The van der Waals surface area contributed by atoms with Crippen LogP contribution in [-0.4, -0.2) is 20.2 Å². The molecule has 2 nitrogen and oxygen atoms in total. The first-order valence-corrected chi connectivity index (χ1v) is 6.31. The second kappa shape index (κ2) is 5.69. The van der Waals surface area contributed by atoms with Gasteiger partial charge in [-0.2, -0.15) is 0 Å². The normalized spacial score (nSPS) is 17.1. The van der Waals surface area contributed by atoms with Gasteiger partial charge in [0.2, 0.25) is 0 Å². The van der Waals surface area contributed by atoms with Crippen molar-refractivity contribution in [3.63, 3.8) is 0 Å². The molecule has 0 amide bonds. The zero-order valence-corrected chi connectivity index (χ0v) is 10.7. The third-order valence-corrected chi connectivity index (χ3v) is 3.54. The summed E-state index contributed by atoms with van der Waals surface area (Å²) < 4.78 is 18.6. The second-order valence-electron chi connectivity index (χ2n) is 4.48. The smallest absolute Gasteiger partial charge is 0.140 e. The van der Waals surface area contributed by atoms with E-state index in [1.165, 1.54) is 12.1 Å². The Labute approximate surface area is 106 Å². The van der Waals surface area contributed by atoms with Crippen LogP contribution in [0.4, 0.5) is 4.39 Å². The van der Waals surface area contributed by atoms with Gasteiger partial charge in [-0.25, -0.2) is 4.39 Å². The fraction of sp³-hybridized carbons (Fsp3) is 0.538. The minimum absolute atomic E-state index is 0.292. The van der Waals surface area contributed by atoms with Gasteiger partial charge in [0.1, 0.15) is 11.6 Å². The number of hydrogen-bond acceptors (Lipinski definition) is 2. The molecule has 2 rings (SSSR count). The molecule has 1 heterocycles. The maximum Gasteiger partial charge on any atom is 0.140 e. The summed E-state index contributed by atoms with van der Waals surface area (Å²) in [7, 11) is 1.57. The number of ether oxygens (including phenoxy) is 1. The van der Waals surface area contributed by atoms with Crippen molar-refractivity contribution < 1.29 is 9.13 Å². The van der Waals surface area contributed by atoms with Gasteiger partial charge in [-0.3, -0.25) is 0 Å². The first kappa shape index (κ1) is 12.7. The van der Waals surface area contributed by atoms with Crippen LogP contribution < -0.4 is 10.1 Å². The van der Waals surface area contributed by atoms with Crippen molar-refractivity contribution in [3.05, 3.63) is 28.5 Å². The van der Waals surface area contributed by atoms with Crippen LogP contribution in [0.15, 0.2) is 12.1 Å². The molecule has 17 heavy (non-hydrogen) atoms. The third-order valence-electron chi connectivity index (χ3n) is 3.26. The van der Waals surface area contributed by atoms with Crippen LogP contribution in [0.1, 0.15) is 18.4 Å². The summed E-state index contributed by atoms with van der Waals surface area (Å²) in [5.74, 6) is 0.911. The minimum atomic E-state index is -0.292. The molecular formula is C13H17ClFNO. The summed E-state index contributed by atoms with van der Waals surface area (Å²) in [6, 6.07) is 2.83. The summed E-state index contributed by atoms with van der Waals surface area (Å²) in [6.07, 6.45) is 3.08. The van der Waals surface area contributed by atoms with E-state index in [-0.39, 0.29) is 5.82 Å². The quantitative estimate of drug-likeness (QED) is 0.899. The molecule has 1 aromatic carbocycles. The Morgan fingerprint density at radius 3 is 2.76 bits per heavy atom. The molecule has 0 bridgehead atoms. The number of piperidine rings is 1. The highest BCUT2D eigenvalue weighted by molar-refractivity contribution is 6.32. The molecule has 1 aromatic rings.